The first-order chi connectivity index (χ1) is 19.1. The van der Waals surface area contributed by atoms with Gasteiger partial charge in [0.15, 0.2) is 0 Å². The predicted molar refractivity (Wildman–Crippen MR) is 156 cm³/mol. The first kappa shape index (κ1) is 26.9. The van der Waals surface area contributed by atoms with Gasteiger partial charge in [-0.25, -0.2) is 4.98 Å². The van der Waals surface area contributed by atoms with E-state index in [4.69, 9.17) is 9.47 Å². The minimum atomic E-state index is -0.195. The van der Waals surface area contributed by atoms with Crippen LogP contribution in [0.25, 0.3) is 9.53 Å². The lowest BCUT2D eigenvalue weighted by atomic mass is 10.1. The Balaban J connectivity index is 1.11. The van der Waals surface area contributed by atoms with Crippen LogP contribution in [0.2, 0.25) is 0 Å². The molecule has 202 valence electrons. The van der Waals surface area contributed by atoms with E-state index < -0.39 is 0 Å². The number of carbonyl (C=O) groups excluding carboxylic acids is 1. The maximum absolute atomic E-state index is 11.7. The summed E-state index contributed by atoms with van der Waals surface area (Å²) in [5, 5.41) is 18.7. The van der Waals surface area contributed by atoms with E-state index in [0.29, 0.717) is 23.2 Å². The smallest absolute Gasteiger partial charge is 0.308 e. The fourth-order valence-electron chi connectivity index (χ4n) is 3.94. The number of carbonyl (C=O) groups is 1. The number of nitrogens with zero attached hydrogens (tertiary/aromatic N) is 6. The fourth-order valence-corrected chi connectivity index (χ4v) is 5.79. The molecule has 1 aliphatic heterocycles. The van der Waals surface area contributed by atoms with E-state index in [1.165, 1.54) is 41.2 Å². The number of esters is 1. The van der Waals surface area contributed by atoms with Gasteiger partial charge in [-0.1, -0.05) is 36.5 Å². The summed E-state index contributed by atoms with van der Waals surface area (Å²) in [6.45, 7) is 6.59. The second-order valence-electron chi connectivity index (χ2n) is 9.18. The molecule has 3 heterocycles. The SMILES string of the molecule is CCC(C)C(=O)OCCOc1ccc(N=Nc2cc3sc(N=Nc4ccc(N5CCCC5)cc4)nc3s2)cc1. The van der Waals surface area contributed by atoms with Crippen LogP contribution in [-0.4, -0.2) is 37.3 Å². The van der Waals surface area contributed by atoms with E-state index in [-0.39, 0.29) is 18.5 Å². The van der Waals surface area contributed by atoms with E-state index >= 15 is 0 Å². The number of benzene rings is 2. The fraction of sp³-hybridized carbons (Fsp3) is 0.357. The Kier molecular flexibility index (Phi) is 8.89. The molecular weight excluding hydrogens is 532 g/mol. The first-order valence-corrected chi connectivity index (χ1v) is 14.7. The highest BCUT2D eigenvalue weighted by Gasteiger charge is 2.13. The zero-order valence-corrected chi connectivity index (χ0v) is 23.6. The molecular formula is C28H30N6O3S2. The largest absolute Gasteiger partial charge is 0.490 e. The van der Waals surface area contributed by atoms with Crippen LogP contribution < -0.4 is 9.64 Å². The Hall–Kier alpha value is -3.70. The molecule has 1 saturated heterocycles. The minimum Gasteiger partial charge on any atom is -0.490 e. The highest BCUT2D eigenvalue weighted by Crippen LogP contribution is 2.39. The molecule has 2 aromatic heterocycles. The second kappa shape index (κ2) is 12.9. The summed E-state index contributed by atoms with van der Waals surface area (Å²) in [5.41, 5.74) is 2.76. The number of hydrogen-bond donors (Lipinski definition) is 0. The molecule has 0 amide bonds. The van der Waals surface area contributed by atoms with Crippen molar-refractivity contribution in [1.82, 2.24) is 4.98 Å². The van der Waals surface area contributed by atoms with Crippen LogP contribution in [0, 0.1) is 5.92 Å². The van der Waals surface area contributed by atoms with Crippen molar-refractivity contribution in [2.45, 2.75) is 33.1 Å². The molecule has 2 aromatic carbocycles. The molecule has 0 spiro atoms. The Morgan fingerprint density at radius 2 is 1.64 bits per heavy atom. The molecule has 11 heteroatoms. The van der Waals surface area contributed by atoms with E-state index in [9.17, 15) is 4.79 Å². The number of anilines is 1. The van der Waals surface area contributed by atoms with E-state index in [0.717, 1.165) is 39.7 Å². The molecule has 0 radical (unpaired) electrons. The third-order valence-electron chi connectivity index (χ3n) is 6.35. The first-order valence-electron chi connectivity index (χ1n) is 13.1. The molecule has 0 saturated carbocycles. The highest BCUT2D eigenvalue weighted by atomic mass is 32.1. The number of hydrogen-bond acceptors (Lipinski definition) is 11. The van der Waals surface area contributed by atoms with Crippen LogP contribution in [0.4, 0.5) is 27.2 Å². The second-order valence-corrected chi connectivity index (χ2v) is 11.2. The predicted octanol–water partition coefficient (Wildman–Crippen LogP) is 8.76. The molecule has 0 aliphatic carbocycles. The molecule has 39 heavy (non-hydrogen) atoms. The number of thiophene rings is 1. The molecule has 1 unspecified atom stereocenters. The number of azo groups is 2. The molecule has 5 rings (SSSR count). The van der Waals surface area contributed by atoms with Crippen LogP contribution in [-0.2, 0) is 9.53 Å². The quantitative estimate of drug-likeness (QED) is 0.103. The van der Waals surface area contributed by atoms with Gasteiger partial charge in [-0.3, -0.25) is 4.79 Å². The molecule has 4 aromatic rings. The molecule has 1 atom stereocenters. The van der Waals surface area contributed by atoms with Crippen LogP contribution >= 0.6 is 22.7 Å². The van der Waals surface area contributed by atoms with E-state index in [2.05, 4.69) is 42.5 Å². The molecule has 1 aliphatic rings. The number of thiazole rings is 1. The zero-order valence-electron chi connectivity index (χ0n) is 21.9. The standard InChI is InChI=1S/C28H30N6O3S2/c1-3-19(2)27(35)37-17-16-36-23-12-8-21(9-13-23)30-32-25-18-24-26(39-25)29-28(38-24)33-31-20-6-10-22(11-7-20)34-14-4-5-15-34/h6-13,18-19H,3-5,14-17H2,1-2H3. The number of rotatable bonds is 11. The summed E-state index contributed by atoms with van der Waals surface area (Å²) >= 11 is 2.94. The Morgan fingerprint density at radius 1 is 0.949 bits per heavy atom. The van der Waals surface area contributed by atoms with Gasteiger partial charge in [0.2, 0.25) is 5.13 Å². The third kappa shape index (κ3) is 7.24. The number of ether oxygens (including phenoxy) is 2. The molecule has 9 nitrogen and oxygen atoms in total. The summed E-state index contributed by atoms with van der Waals surface area (Å²) in [7, 11) is 0. The van der Waals surface area contributed by atoms with Gasteiger partial charge in [-0.05, 0) is 73.9 Å². The van der Waals surface area contributed by atoms with Crippen molar-refractivity contribution in [3.63, 3.8) is 0 Å². The summed E-state index contributed by atoms with van der Waals surface area (Å²) in [5.74, 6) is 0.392. The van der Waals surface area contributed by atoms with Gasteiger partial charge in [0, 0.05) is 18.8 Å². The third-order valence-corrected chi connectivity index (χ3v) is 8.28. The summed E-state index contributed by atoms with van der Waals surface area (Å²) in [6.07, 6.45) is 3.28. The average Bonchev–Trinajstić information content (AvgIpc) is 3.71. The van der Waals surface area contributed by atoms with Crippen molar-refractivity contribution in [3.8, 4) is 5.75 Å². The number of aromatic nitrogens is 1. The number of fused-ring (bicyclic) bond motifs is 1. The van der Waals surface area contributed by atoms with Crippen LogP contribution in [0.5, 0.6) is 5.75 Å². The topological polar surface area (TPSA) is 101 Å². The maximum atomic E-state index is 11.7. The minimum absolute atomic E-state index is 0.0925. The lowest BCUT2D eigenvalue weighted by Crippen LogP contribution is -2.17. The maximum Gasteiger partial charge on any atom is 0.308 e. The van der Waals surface area contributed by atoms with E-state index in [1.54, 1.807) is 0 Å². The van der Waals surface area contributed by atoms with Crippen molar-refractivity contribution in [2.75, 3.05) is 31.2 Å². The zero-order chi connectivity index (χ0) is 27.0. The van der Waals surface area contributed by atoms with Crippen molar-refractivity contribution in [1.29, 1.82) is 0 Å². The van der Waals surface area contributed by atoms with Gasteiger partial charge in [-0.15, -0.1) is 20.5 Å². The lowest BCUT2D eigenvalue weighted by Gasteiger charge is -2.17. The Bertz CT molecular complexity index is 1410. The van der Waals surface area contributed by atoms with Gasteiger partial charge < -0.3 is 14.4 Å². The van der Waals surface area contributed by atoms with Crippen molar-refractivity contribution >= 4 is 65.4 Å². The molecule has 1 fully saturated rings. The van der Waals surface area contributed by atoms with Gasteiger partial charge in [0.05, 0.1) is 22.0 Å². The highest BCUT2D eigenvalue weighted by molar-refractivity contribution is 7.30. The van der Waals surface area contributed by atoms with Crippen molar-refractivity contribution in [2.24, 2.45) is 26.4 Å². The average molecular weight is 563 g/mol. The molecule has 0 bridgehead atoms. The Labute approximate surface area is 235 Å². The normalized spacial score (nSPS) is 14.6. The summed E-state index contributed by atoms with van der Waals surface area (Å²) < 4.78 is 11.8. The van der Waals surface area contributed by atoms with Gasteiger partial charge in [0.1, 0.15) is 28.8 Å². The summed E-state index contributed by atoms with van der Waals surface area (Å²) in [6, 6.07) is 17.4. The lowest BCUT2D eigenvalue weighted by molar-refractivity contribution is -0.148. The van der Waals surface area contributed by atoms with Crippen LogP contribution in [0.1, 0.15) is 33.1 Å². The Morgan fingerprint density at radius 3 is 2.33 bits per heavy atom. The van der Waals surface area contributed by atoms with Crippen LogP contribution in [0.15, 0.2) is 75.1 Å². The summed E-state index contributed by atoms with van der Waals surface area (Å²) in [4.78, 5) is 19.5. The monoisotopic (exact) mass is 562 g/mol. The molecule has 0 N–H and O–H groups in total. The van der Waals surface area contributed by atoms with Gasteiger partial charge in [0.25, 0.3) is 0 Å². The van der Waals surface area contributed by atoms with Gasteiger partial charge in [-0.2, -0.15) is 0 Å². The van der Waals surface area contributed by atoms with Gasteiger partial charge >= 0.3 is 5.97 Å². The van der Waals surface area contributed by atoms with Crippen LogP contribution in [0.3, 0.4) is 0 Å². The van der Waals surface area contributed by atoms with E-state index in [1.807, 2.05) is 56.3 Å². The van der Waals surface area contributed by atoms with Crippen molar-refractivity contribution in [3.05, 3.63) is 54.6 Å². The van der Waals surface area contributed by atoms with Crippen molar-refractivity contribution < 1.29 is 14.3 Å².